The maximum atomic E-state index is 12.6. The zero-order valence-corrected chi connectivity index (χ0v) is 18.5. The zero-order chi connectivity index (χ0) is 22.4. The molecule has 0 aliphatic rings. The highest BCUT2D eigenvalue weighted by Crippen LogP contribution is 2.20. The first kappa shape index (κ1) is 23.0. The summed E-state index contributed by atoms with van der Waals surface area (Å²) >= 11 is 0. The van der Waals surface area contributed by atoms with Crippen molar-refractivity contribution in [3.8, 4) is 6.07 Å². The highest BCUT2D eigenvalue weighted by atomic mass is 16.5. The highest BCUT2D eigenvalue weighted by molar-refractivity contribution is 6.01. The third kappa shape index (κ3) is 5.38. The molecule has 0 saturated carbocycles. The van der Waals surface area contributed by atoms with Crippen LogP contribution in [0.15, 0.2) is 42.0 Å². The van der Waals surface area contributed by atoms with Gasteiger partial charge < -0.3 is 14.2 Å². The number of benzene rings is 1. The number of amides is 1. The number of nitrogens with zero attached hydrogens (tertiary/aromatic N) is 3. The van der Waals surface area contributed by atoms with Gasteiger partial charge >= 0.3 is 5.97 Å². The van der Waals surface area contributed by atoms with Gasteiger partial charge in [0.15, 0.2) is 6.10 Å². The van der Waals surface area contributed by atoms with Gasteiger partial charge in [-0.3, -0.25) is 4.79 Å². The Labute approximate surface area is 178 Å². The molecule has 6 heteroatoms. The second-order valence-electron chi connectivity index (χ2n) is 7.78. The lowest BCUT2D eigenvalue weighted by Gasteiger charge is -2.21. The lowest BCUT2D eigenvalue weighted by molar-refractivity contribution is -0.149. The average Bonchev–Trinajstić information content (AvgIpc) is 2.98. The molecule has 0 unspecified atom stereocenters. The van der Waals surface area contributed by atoms with Gasteiger partial charge in [-0.1, -0.05) is 32.0 Å². The molecule has 1 aromatic carbocycles. The number of hydrogen-bond donors (Lipinski definition) is 0. The van der Waals surface area contributed by atoms with Crippen molar-refractivity contribution >= 4 is 23.6 Å². The smallest absolute Gasteiger partial charge is 0.349 e. The molecule has 6 nitrogen and oxygen atoms in total. The normalized spacial score (nSPS) is 12.4. The molecule has 1 heterocycles. The number of likely N-dealkylation sites (N-methyl/N-ethyl adjacent to an activating group) is 1. The molecule has 1 atom stereocenters. The van der Waals surface area contributed by atoms with Crippen molar-refractivity contribution in [3.05, 3.63) is 58.9 Å². The van der Waals surface area contributed by atoms with Crippen LogP contribution in [0.25, 0.3) is 6.08 Å². The number of anilines is 1. The molecule has 0 saturated heterocycles. The maximum Gasteiger partial charge on any atom is 0.349 e. The summed E-state index contributed by atoms with van der Waals surface area (Å²) in [7, 11) is 1.62. The van der Waals surface area contributed by atoms with Crippen LogP contribution in [0.4, 0.5) is 5.69 Å². The first-order chi connectivity index (χ1) is 14.1. The number of ether oxygens (including phenoxy) is 1. The van der Waals surface area contributed by atoms with Crippen molar-refractivity contribution in [3.63, 3.8) is 0 Å². The topological polar surface area (TPSA) is 75.3 Å². The van der Waals surface area contributed by atoms with Crippen LogP contribution >= 0.6 is 0 Å². The summed E-state index contributed by atoms with van der Waals surface area (Å²) in [5.41, 5.74) is 3.39. The number of rotatable bonds is 7. The van der Waals surface area contributed by atoms with E-state index >= 15 is 0 Å². The van der Waals surface area contributed by atoms with Crippen LogP contribution in [0.2, 0.25) is 0 Å². The summed E-state index contributed by atoms with van der Waals surface area (Å²) in [6.07, 6.45) is 0.507. The van der Waals surface area contributed by atoms with Crippen molar-refractivity contribution in [1.82, 2.24) is 4.57 Å². The zero-order valence-electron chi connectivity index (χ0n) is 18.5. The average molecular weight is 408 g/mol. The Morgan fingerprint density at radius 2 is 1.83 bits per heavy atom. The van der Waals surface area contributed by atoms with E-state index in [0.29, 0.717) is 11.6 Å². The molecule has 0 N–H and O–H groups in total. The molecule has 0 fully saturated rings. The summed E-state index contributed by atoms with van der Waals surface area (Å²) in [6.45, 7) is 10.6. The van der Waals surface area contributed by atoms with E-state index < -0.39 is 12.1 Å². The molecule has 0 bridgehead atoms. The number of nitriles is 1. The van der Waals surface area contributed by atoms with Gasteiger partial charge in [-0.25, -0.2) is 4.79 Å². The van der Waals surface area contributed by atoms with E-state index in [1.807, 2.05) is 44.2 Å². The van der Waals surface area contributed by atoms with Crippen molar-refractivity contribution in [2.45, 2.75) is 47.3 Å². The van der Waals surface area contributed by atoms with E-state index in [1.54, 1.807) is 19.2 Å². The van der Waals surface area contributed by atoms with Gasteiger partial charge in [-0.05, 0) is 56.5 Å². The van der Waals surface area contributed by atoms with E-state index in [0.717, 1.165) is 23.5 Å². The van der Waals surface area contributed by atoms with Crippen LogP contribution in [0, 0.1) is 31.1 Å². The van der Waals surface area contributed by atoms with Crippen LogP contribution in [-0.4, -0.2) is 29.6 Å². The Balaban J connectivity index is 2.17. The number of carbonyl (C=O) groups excluding carboxylic acids is 2. The number of para-hydroxylation sites is 1. The highest BCUT2D eigenvalue weighted by Gasteiger charge is 2.24. The summed E-state index contributed by atoms with van der Waals surface area (Å²) in [5, 5.41) is 9.49. The summed E-state index contributed by atoms with van der Waals surface area (Å²) in [6, 6.07) is 12.9. The lowest BCUT2D eigenvalue weighted by atomic mass is 10.1. The number of aryl methyl sites for hydroxylation is 1. The van der Waals surface area contributed by atoms with Crippen LogP contribution in [0.1, 0.15) is 37.7 Å². The van der Waals surface area contributed by atoms with Gasteiger partial charge in [0.25, 0.3) is 5.91 Å². The minimum atomic E-state index is -1.02. The van der Waals surface area contributed by atoms with Crippen molar-refractivity contribution < 1.29 is 14.3 Å². The lowest BCUT2D eigenvalue weighted by Crippen LogP contribution is -2.37. The first-order valence-electron chi connectivity index (χ1n) is 9.97. The van der Waals surface area contributed by atoms with Crippen LogP contribution in [-0.2, 0) is 20.9 Å². The predicted octanol–water partition coefficient (Wildman–Crippen LogP) is 4.26. The van der Waals surface area contributed by atoms with Gasteiger partial charge in [0.05, 0.1) is 0 Å². The third-order valence-corrected chi connectivity index (χ3v) is 4.91. The van der Waals surface area contributed by atoms with Crippen molar-refractivity contribution in [2.75, 3.05) is 11.9 Å². The minimum Gasteiger partial charge on any atom is -0.448 e. The molecule has 2 aromatic rings. The summed E-state index contributed by atoms with van der Waals surface area (Å²) in [4.78, 5) is 26.6. The largest absolute Gasteiger partial charge is 0.448 e. The van der Waals surface area contributed by atoms with E-state index in [4.69, 9.17) is 4.74 Å². The Morgan fingerprint density at radius 1 is 1.20 bits per heavy atom. The Bertz CT molecular complexity index is 981. The van der Waals surface area contributed by atoms with Gasteiger partial charge in [0.1, 0.15) is 11.6 Å². The number of esters is 1. The van der Waals surface area contributed by atoms with E-state index in [9.17, 15) is 14.9 Å². The summed E-state index contributed by atoms with van der Waals surface area (Å²) < 4.78 is 7.46. The van der Waals surface area contributed by atoms with E-state index in [1.165, 1.54) is 17.9 Å². The third-order valence-electron chi connectivity index (χ3n) is 4.91. The summed E-state index contributed by atoms with van der Waals surface area (Å²) in [5.74, 6) is -0.712. The van der Waals surface area contributed by atoms with Crippen molar-refractivity contribution in [2.24, 2.45) is 5.92 Å². The Kier molecular flexibility index (Phi) is 7.60. The quantitative estimate of drug-likeness (QED) is 0.390. The maximum absolute atomic E-state index is 12.6. The molecule has 0 spiro atoms. The molecule has 2 rings (SSSR count). The van der Waals surface area contributed by atoms with Gasteiger partial charge in [0.2, 0.25) is 0 Å². The standard InChI is InChI=1S/C24H29N3O3/c1-16(2)15-27-17(3)12-20(18(27)4)13-21(14-25)24(29)30-19(5)23(28)26(6)22-10-8-7-9-11-22/h7-13,16,19H,15H2,1-6H3/b21-13+/t19-/m0/s1. The molecule has 30 heavy (non-hydrogen) atoms. The molecular formula is C24H29N3O3. The number of hydrogen-bond acceptors (Lipinski definition) is 4. The monoisotopic (exact) mass is 407 g/mol. The second kappa shape index (κ2) is 9.93. The first-order valence-corrected chi connectivity index (χ1v) is 9.97. The van der Waals surface area contributed by atoms with Gasteiger partial charge in [-0.2, -0.15) is 5.26 Å². The molecule has 0 aliphatic heterocycles. The molecular weight excluding hydrogens is 378 g/mol. The fraction of sp³-hybridized carbons (Fsp3) is 0.375. The van der Waals surface area contributed by atoms with E-state index in [-0.39, 0.29) is 11.5 Å². The molecule has 1 aromatic heterocycles. The molecule has 158 valence electrons. The Morgan fingerprint density at radius 3 is 2.40 bits per heavy atom. The number of aromatic nitrogens is 1. The van der Waals surface area contributed by atoms with Crippen LogP contribution in [0.5, 0.6) is 0 Å². The van der Waals surface area contributed by atoms with Gasteiger partial charge in [-0.15, -0.1) is 0 Å². The van der Waals surface area contributed by atoms with Crippen molar-refractivity contribution in [1.29, 1.82) is 5.26 Å². The fourth-order valence-electron chi connectivity index (χ4n) is 3.24. The van der Waals surface area contributed by atoms with Gasteiger partial charge in [0, 0.05) is 30.7 Å². The van der Waals surface area contributed by atoms with Crippen LogP contribution < -0.4 is 4.90 Å². The molecule has 1 amide bonds. The van der Waals surface area contributed by atoms with Crippen LogP contribution in [0.3, 0.4) is 0 Å². The molecule has 0 aliphatic carbocycles. The van der Waals surface area contributed by atoms with E-state index in [2.05, 4.69) is 18.4 Å². The molecule has 0 radical (unpaired) electrons. The number of carbonyl (C=O) groups is 2. The predicted molar refractivity (Wildman–Crippen MR) is 118 cm³/mol. The Hall–Kier alpha value is -3.33. The SMILES string of the molecule is Cc1cc(/C=C(\C#N)C(=O)O[C@@H](C)C(=O)N(C)c2ccccc2)c(C)n1CC(C)C. The second-order valence-corrected chi connectivity index (χ2v) is 7.78. The fourth-order valence-corrected chi connectivity index (χ4v) is 3.24. The minimum absolute atomic E-state index is 0.137.